The van der Waals surface area contributed by atoms with Gasteiger partial charge < -0.3 is 5.73 Å². The number of aryl methyl sites for hydroxylation is 1. The molecule has 0 spiro atoms. The Hall–Kier alpha value is -0.340. The van der Waals surface area contributed by atoms with Gasteiger partial charge in [-0.15, -0.1) is 11.3 Å². The molecule has 0 aromatic carbocycles. The van der Waals surface area contributed by atoms with Gasteiger partial charge in [-0.05, 0) is 42.3 Å². The van der Waals surface area contributed by atoms with Gasteiger partial charge in [-0.1, -0.05) is 13.8 Å². The molecule has 1 aromatic rings. The second-order valence-corrected chi connectivity index (χ2v) is 4.09. The molecule has 2 heteroatoms. The first-order valence-corrected chi connectivity index (χ1v) is 5.43. The fourth-order valence-electron chi connectivity index (χ4n) is 1.45. The highest BCUT2D eigenvalue weighted by molar-refractivity contribution is 7.10. The Morgan fingerprint density at radius 1 is 1.58 bits per heavy atom. The number of hydrogen-bond donors (Lipinski definition) is 1. The van der Waals surface area contributed by atoms with E-state index in [2.05, 4.69) is 25.3 Å². The zero-order chi connectivity index (χ0) is 8.97. The monoisotopic (exact) mass is 183 g/mol. The number of thiophene rings is 1. The maximum atomic E-state index is 5.53. The summed E-state index contributed by atoms with van der Waals surface area (Å²) in [6, 6.07) is 2.23. The fourth-order valence-corrected chi connectivity index (χ4v) is 2.55. The predicted octanol–water partition coefficient (Wildman–Crippen LogP) is 2.76. The minimum atomic E-state index is 0.643. The third-order valence-electron chi connectivity index (χ3n) is 2.21. The SMILES string of the molecule is CCc1ccsc1C(C)CCN. The Bertz CT molecular complexity index is 229. The Morgan fingerprint density at radius 2 is 2.33 bits per heavy atom. The quantitative estimate of drug-likeness (QED) is 0.763. The largest absolute Gasteiger partial charge is 0.330 e. The van der Waals surface area contributed by atoms with Gasteiger partial charge in [-0.3, -0.25) is 0 Å². The normalized spacial score (nSPS) is 13.2. The van der Waals surface area contributed by atoms with Crippen LogP contribution in [-0.2, 0) is 6.42 Å². The molecule has 1 rings (SSSR count). The molecule has 2 N–H and O–H groups in total. The van der Waals surface area contributed by atoms with Crippen molar-refractivity contribution >= 4 is 11.3 Å². The van der Waals surface area contributed by atoms with Crippen LogP contribution < -0.4 is 5.73 Å². The average Bonchev–Trinajstić information content (AvgIpc) is 2.51. The number of hydrogen-bond acceptors (Lipinski definition) is 2. The lowest BCUT2D eigenvalue weighted by Gasteiger charge is -2.09. The molecule has 1 atom stereocenters. The maximum absolute atomic E-state index is 5.53. The van der Waals surface area contributed by atoms with Crippen molar-refractivity contribution in [2.24, 2.45) is 5.73 Å². The van der Waals surface area contributed by atoms with Crippen molar-refractivity contribution in [1.29, 1.82) is 0 Å². The van der Waals surface area contributed by atoms with Crippen LogP contribution in [0.25, 0.3) is 0 Å². The van der Waals surface area contributed by atoms with Crippen LogP contribution in [0.1, 0.15) is 36.6 Å². The third-order valence-corrected chi connectivity index (χ3v) is 3.40. The first-order valence-electron chi connectivity index (χ1n) is 4.56. The van der Waals surface area contributed by atoms with E-state index in [1.807, 2.05) is 11.3 Å². The highest BCUT2D eigenvalue weighted by Gasteiger charge is 2.09. The molecule has 12 heavy (non-hydrogen) atoms. The Morgan fingerprint density at radius 3 is 2.92 bits per heavy atom. The molecule has 0 radical (unpaired) electrons. The van der Waals surface area contributed by atoms with E-state index in [0.29, 0.717) is 5.92 Å². The third kappa shape index (κ3) is 2.08. The van der Waals surface area contributed by atoms with Gasteiger partial charge >= 0.3 is 0 Å². The second-order valence-electron chi connectivity index (χ2n) is 3.14. The zero-order valence-electron chi connectivity index (χ0n) is 7.84. The lowest BCUT2D eigenvalue weighted by atomic mass is 10.0. The summed E-state index contributed by atoms with van der Waals surface area (Å²) in [6.07, 6.45) is 2.25. The van der Waals surface area contributed by atoms with Gasteiger partial charge in [0.15, 0.2) is 0 Å². The van der Waals surface area contributed by atoms with E-state index in [1.54, 1.807) is 0 Å². The summed E-state index contributed by atoms with van der Waals surface area (Å²) in [5.74, 6) is 0.643. The summed E-state index contributed by atoms with van der Waals surface area (Å²) in [5, 5.41) is 2.18. The molecule has 0 saturated carbocycles. The number of nitrogens with two attached hydrogens (primary N) is 1. The molecular formula is C10H17NS. The van der Waals surface area contributed by atoms with Crippen molar-refractivity contribution in [1.82, 2.24) is 0 Å². The topological polar surface area (TPSA) is 26.0 Å². The molecule has 1 unspecified atom stereocenters. The van der Waals surface area contributed by atoms with Crippen LogP contribution in [0, 0.1) is 0 Å². The van der Waals surface area contributed by atoms with E-state index < -0.39 is 0 Å². The summed E-state index contributed by atoms with van der Waals surface area (Å²) < 4.78 is 0. The van der Waals surface area contributed by atoms with E-state index >= 15 is 0 Å². The van der Waals surface area contributed by atoms with Gasteiger partial charge in [-0.2, -0.15) is 0 Å². The van der Waals surface area contributed by atoms with Crippen molar-refractivity contribution in [2.75, 3.05) is 6.54 Å². The highest BCUT2D eigenvalue weighted by atomic mass is 32.1. The molecule has 1 nitrogen and oxygen atoms in total. The summed E-state index contributed by atoms with van der Waals surface area (Å²) in [7, 11) is 0. The van der Waals surface area contributed by atoms with Crippen LogP contribution in [0.5, 0.6) is 0 Å². The first-order chi connectivity index (χ1) is 5.79. The minimum Gasteiger partial charge on any atom is -0.330 e. The first kappa shape index (κ1) is 9.75. The van der Waals surface area contributed by atoms with Crippen LogP contribution in [0.4, 0.5) is 0 Å². The van der Waals surface area contributed by atoms with Gasteiger partial charge in [0.1, 0.15) is 0 Å². The lowest BCUT2D eigenvalue weighted by molar-refractivity contribution is 0.695. The van der Waals surface area contributed by atoms with Crippen LogP contribution in [0.2, 0.25) is 0 Å². The van der Waals surface area contributed by atoms with Crippen molar-refractivity contribution in [3.8, 4) is 0 Å². The van der Waals surface area contributed by atoms with Crippen LogP contribution >= 0.6 is 11.3 Å². The maximum Gasteiger partial charge on any atom is 0.0106 e. The van der Waals surface area contributed by atoms with Crippen molar-refractivity contribution in [3.05, 3.63) is 21.9 Å². The van der Waals surface area contributed by atoms with Crippen molar-refractivity contribution < 1.29 is 0 Å². The smallest absolute Gasteiger partial charge is 0.0106 e. The molecule has 68 valence electrons. The van der Waals surface area contributed by atoms with Crippen LogP contribution in [-0.4, -0.2) is 6.54 Å². The van der Waals surface area contributed by atoms with Crippen LogP contribution in [0.3, 0.4) is 0 Å². The zero-order valence-corrected chi connectivity index (χ0v) is 8.66. The van der Waals surface area contributed by atoms with Crippen molar-refractivity contribution in [2.45, 2.75) is 32.6 Å². The van der Waals surface area contributed by atoms with E-state index in [-0.39, 0.29) is 0 Å². The number of rotatable bonds is 4. The molecule has 1 aromatic heterocycles. The highest BCUT2D eigenvalue weighted by Crippen LogP contribution is 2.28. The second kappa shape index (κ2) is 4.63. The molecule has 0 aliphatic carbocycles. The van der Waals surface area contributed by atoms with E-state index in [9.17, 15) is 0 Å². The van der Waals surface area contributed by atoms with Gasteiger partial charge in [0.2, 0.25) is 0 Å². The average molecular weight is 183 g/mol. The van der Waals surface area contributed by atoms with Crippen LogP contribution in [0.15, 0.2) is 11.4 Å². The van der Waals surface area contributed by atoms with Gasteiger partial charge in [0, 0.05) is 4.88 Å². The Balaban J connectivity index is 2.71. The molecule has 0 bridgehead atoms. The molecule has 0 fully saturated rings. The molecular weight excluding hydrogens is 166 g/mol. The lowest BCUT2D eigenvalue weighted by Crippen LogP contribution is -2.04. The van der Waals surface area contributed by atoms with E-state index in [0.717, 1.165) is 19.4 Å². The van der Waals surface area contributed by atoms with E-state index in [1.165, 1.54) is 10.4 Å². The molecule has 0 aliphatic heterocycles. The van der Waals surface area contributed by atoms with Gasteiger partial charge in [0.05, 0.1) is 0 Å². The summed E-state index contributed by atoms with van der Waals surface area (Å²) in [4.78, 5) is 1.53. The van der Waals surface area contributed by atoms with Gasteiger partial charge in [0.25, 0.3) is 0 Å². The summed E-state index contributed by atoms with van der Waals surface area (Å²) >= 11 is 1.87. The standard InChI is InChI=1S/C10H17NS/c1-3-9-5-7-12-10(9)8(2)4-6-11/h5,7-8H,3-4,6,11H2,1-2H3. The summed E-state index contributed by atoms with van der Waals surface area (Å²) in [6.45, 7) is 5.26. The van der Waals surface area contributed by atoms with Gasteiger partial charge in [-0.25, -0.2) is 0 Å². The molecule has 0 saturated heterocycles. The molecule has 0 amide bonds. The van der Waals surface area contributed by atoms with E-state index in [4.69, 9.17) is 5.73 Å². The van der Waals surface area contributed by atoms with Crippen molar-refractivity contribution in [3.63, 3.8) is 0 Å². The molecule has 0 aliphatic rings. The Kier molecular flexibility index (Phi) is 3.76. The predicted molar refractivity (Wildman–Crippen MR) is 55.8 cm³/mol. The fraction of sp³-hybridized carbons (Fsp3) is 0.600. The summed E-state index contributed by atoms with van der Waals surface area (Å²) in [5.41, 5.74) is 7.03. The molecule has 1 heterocycles. The Labute approximate surface area is 78.6 Å². The minimum absolute atomic E-state index is 0.643.